The number of hydrogen-bond acceptors (Lipinski definition) is 3. The lowest BCUT2D eigenvalue weighted by Gasteiger charge is -2.24. The molecule has 154 valence electrons. The summed E-state index contributed by atoms with van der Waals surface area (Å²) in [5.74, 6) is -2.22. The predicted molar refractivity (Wildman–Crippen MR) is 79.1 cm³/mol. The van der Waals surface area contributed by atoms with E-state index in [9.17, 15) is 39.9 Å². The molecule has 0 aliphatic rings. The summed E-state index contributed by atoms with van der Waals surface area (Å²) >= 11 is 0. The first-order chi connectivity index (χ1) is 12.8. The van der Waals surface area contributed by atoms with Gasteiger partial charge >= 0.3 is 12.3 Å². The van der Waals surface area contributed by atoms with Crippen LogP contribution in [0.25, 0.3) is 0 Å². The number of amides is 1. The number of hydrogen-bond donors (Lipinski definition) is 1. The lowest BCUT2D eigenvalue weighted by Crippen LogP contribution is -2.45. The van der Waals surface area contributed by atoms with E-state index in [-0.39, 0.29) is 0 Å². The minimum atomic E-state index is -5.90. The van der Waals surface area contributed by atoms with Crippen LogP contribution in [-0.4, -0.2) is 34.1 Å². The molecule has 0 aliphatic carbocycles. The van der Waals surface area contributed by atoms with Gasteiger partial charge in [0.05, 0.1) is 11.3 Å². The largest absolute Gasteiger partial charge is 0.439 e. The smallest absolute Gasteiger partial charge is 0.428 e. The average Bonchev–Trinajstić information content (AvgIpc) is 2.97. The summed E-state index contributed by atoms with van der Waals surface area (Å²) in [6.45, 7) is 0. The van der Waals surface area contributed by atoms with E-state index in [2.05, 4.69) is 9.84 Å². The molecule has 1 atom stereocenters. The normalized spacial score (nSPS) is 13.5. The number of benzene rings is 1. The molecule has 1 aromatic carbocycles. The van der Waals surface area contributed by atoms with Gasteiger partial charge in [-0.25, -0.2) is 13.2 Å². The minimum absolute atomic E-state index is 0.592. The number of halogens is 8. The number of ether oxygens (including phenoxy) is 1. The SMILES string of the molecule is Cn1cc(C(=O)Nc2ccccc2OC(F)(F)C(F)C(F)(F)F)c(C(F)F)n1. The van der Waals surface area contributed by atoms with Gasteiger partial charge in [0.1, 0.15) is 11.4 Å². The molecule has 1 heterocycles. The Labute approximate surface area is 151 Å². The van der Waals surface area contributed by atoms with Crippen molar-refractivity contribution in [3.8, 4) is 5.75 Å². The van der Waals surface area contributed by atoms with Crippen LogP contribution in [0.3, 0.4) is 0 Å². The maximum absolute atomic E-state index is 13.5. The number of carbonyl (C=O) groups excluding carboxylic acids is 1. The third kappa shape index (κ3) is 4.70. The van der Waals surface area contributed by atoms with E-state index < -0.39 is 53.5 Å². The molecule has 0 fully saturated rings. The van der Waals surface area contributed by atoms with E-state index in [1.807, 2.05) is 5.32 Å². The number of alkyl halides is 8. The topological polar surface area (TPSA) is 56.2 Å². The molecule has 0 saturated heterocycles. The number of rotatable bonds is 6. The van der Waals surface area contributed by atoms with Crippen LogP contribution in [0.4, 0.5) is 40.8 Å². The second kappa shape index (κ2) is 7.64. The minimum Gasteiger partial charge on any atom is -0.428 e. The molecule has 0 bridgehead atoms. The van der Waals surface area contributed by atoms with Crippen LogP contribution in [0.1, 0.15) is 22.5 Å². The number of carbonyl (C=O) groups is 1. The number of nitrogens with one attached hydrogen (secondary N) is 1. The summed E-state index contributed by atoms with van der Waals surface area (Å²) in [6.07, 6.45) is -18.0. The van der Waals surface area contributed by atoms with Crippen LogP contribution in [0.15, 0.2) is 30.5 Å². The van der Waals surface area contributed by atoms with Gasteiger partial charge in [-0.2, -0.15) is 27.1 Å². The molecule has 1 N–H and O–H groups in total. The molecule has 13 heteroatoms. The summed E-state index contributed by atoms with van der Waals surface area (Å²) in [5.41, 5.74) is -2.09. The van der Waals surface area contributed by atoms with E-state index in [0.29, 0.717) is 0 Å². The van der Waals surface area contributed by atoms with Gasteiger partial charge in [0.25, 0.3) is 18.5 Å². The maximum Gasteiger partial charge on any atom is 0.439 e. The molecular weight excluding hydrogens is 406 g/mol. The Morgan fingerprint density at radius 3 is 2.32 bits per heavy atom. The number of aromatic nitrogens is 2. The number of nitrogens with zero attached hydrogens (tertiary/aromatic N) is 2. The Morgan fingerprint density at radius 1 is 1.14 bits per heavy atom. The van der Waals surface area contributed by atoms with Crippen LogP contribution in [0, 0.1) is 0 Å². The van der Waals surface area contributed by atoms with Crippen molar-refractivity contribution in [1.82, 2.24) is 9.78 Å². The van der Waals surface area contributed by atoms with Crippen LogP contribution < -0.4 is 10.1 Å². The molecule has 2 aromatic rings. The zero-order chi connectivity index (χ0) is 21.3. The summed E-state index contributed by atoms with van der Waals surface area (Å²) in [7, 11) is 1.25. The molecular formula is C15H11F8N3O2. The van der Waals surface area contributed by atoms with Gasteiger partial charge in [-0.05, 0) is 12.1 Å². The quantitative estimate of drug-likeness (QED) is 0.706. The van der Waals surface area contributed by atoms with E-state index in [1.54, 1.807) is 0 Å². The molecule has 0 saturated carbocycles. The van der Waals surface area contributed by atoms with Gasteiger partial charge in [-0.15, -0.1) is 0 Å². The third-order valence-corrected chi connectivity index (χ3v) is 3.27. The molecule has 1 unspecified atom stereocenters. The van der Waals surface area contributed by atoms with Crippen LogP contribution >= 0.6 is 0 Å². The Hall–Kier alpha value is -2.86. The van der Waals surface area contributed by atoms with Crippen molar-refractivity contribution in [3.63, 3.8) is 0 Å². The van der Waals surface area contributed by atoms with Crippen molar-refractivity contribution in [2.45, 2.75) is 24.9 Å². The number of para-hydroxylation sites is 2. The lowest BCUT2D eigenvalue weighted by atomic mass is 10.2. The van der Waals surface area contributed by atoms with Crippen LogP contribution in [0.5, 0.6) is 5.75 Å². The monoisotopic (exact) mass is 417 g/mol. The van der Waals surface area contributed by atoms with Gasteiger partial charge < -0.3 is 10.1 Å². The van der Waals surface area contributed by atoms with Crippen molar-refractivity contribution < 1.29 is 44.7 Å². The summed E-state index contributed by atoms with van der Waals surface area (Å²) in [6, 6.07) is 3.94. The molecule has 1 aromatic heterocycles. The van der Waals surface area contributed by atoms with E-state index in [4.69, 9.17) is 0 Å². The van der Waals surface area contributed by atoms with Gasteiger partial charge in [-0.1, -0.05) is 12.1 Å². The fourth-order valence-electron chi connectivity index (χ4n) is 2.08. The summed E-state index contributed by atoms with van der Waals surface area (Å²) in [5, 5.41) is 5.33. The second-order valence-corrected chi connectivity index (χ2v) is 5.42. The lowest BCUT2D eigenvalue weighted by molar-refractivity contribution is -0.304. The van der Waals surface area contributed by atoms with Crippen molar-refractivity contribution in [1.29, 1.82) is 0 Å². The van der Waals surface area contributed by atoms with Crippen molar-refractivity contribution in [3.05, 3.63) is 41.7 Å². The fourth-order valence-corrected chi connectivity index (χ4v) is 2.08. The average molecular weight is 417 g/mol. The van der Waals surface area contributed by atoms with Gasteiger partial charge in [0, 0.05) is 13.2 Å². The first-order valence-corrected chi connectivity index (χ1v) is 7.32. The Balaban J connectivity index is 2.29. The number of aryl methyl sites for hydroxylation is 1. The standard InChI is InChI=1S/C15H11F8N3O2/c1-26-6-7(10(25-26)11(16)17)12(27)24-8-4-2-3-5-9(8)28-15(22,23)13(18)14(19,20)21/h2-6,11,13H,1H3,(H,24,27). The summed E-state index contributed by atoms with van der Waals surface area (Å²) in [4.78, 5) is 12.2. The highest BCUT2D eigenvalue weighted by Gasteiger charge is 2.59. The zero-order valence-electron chi connectivity index (χ0n) is 13.8. The highest BCUT2D eigenvalue weighted by atomic mass is 19.4. The second-order valence-electron chi connectivity index (χ2n) is 5.42. The van der Waals surface area contributed by atoms with E-state index >= 15 is 0 Å². The van der Waals surface area contributed by atoms with Crippen LogP contribution in [0.2, 0.25) is 0 Å². The van der Waals surface area contributed by atoms with Gasteiger partial charge in [0.2, 0.25) is 0 Å². The molecule has 0 spiro atoms. The third-order valence-electron chi connectivity index (χ3n) is 3.27. The Morgan fingerprint density at radius 2 is 1.75 bits per heavy atom. The first-order valence-electron chi connectivity index (χ1n) is 7.32. The van der Waals surface area contributed by atoms with Crippen molar-refractivity contribution >= 4 is 11.6 Å². The molecule has 1 amide bonds. The maximum atomic E-state index is 13.5. The first kappa shape index (κ1) is 21.4. The molecule has 2 rings (SSSR count). The highest BCUT2D eigenvalue weighted by Crippen LogP contribution is 2.38. The van der Waals surface area contributed by atoms with Gasteiger partial charge in [0.15, 0.2) is 0 Å². The van der Waals surface area contributed by atoms with Gasteiger partial charge in [-0.3, -0.25) is 9.48 Å². The Bertz CT molecular complexity index is 850. The fraction of sp³-hybridized carbons (Fsp3) is 0.333. The summed E-state index contributed by atoms with van der Waals surface area (Å²) < 4.78 is 107. The van der Waals surface area contributed by atoms with Crippen LogP contribution in [-0.2, 0) is 7.05 Å². The predicted octanol–water partition coefficient (Wildman–Crippen LogP) is 4.48. The van der Waals surface area contributed by atoms with E-state index in [1.165, 1.54) is 13.1 Å². The zero-order valence-corrected chi connectivity index (χ0v) is 13.8. The molecule has 0 aliphatic heterocycles. The number of anilines is 1. The molecule has 5 nitrogen and oxygen atoms in total. The van der Waals surface area contributed by atoms with E-state index in [0.717, 1.165) is 29.1 Å². The molecule has 0 radical (unpaired) electrons. The Kier molecular flexibility index (Phi) is 5.85. The van der Waals surface area contributed by atoms with Crippen molar-refractivity contribution in [2.24, 2.45) is 7.05 Å². The molecule has 28 heavy (non-hydrogen) atoms. The van der Waals surface area contributed by atoms with Crippen molar-refractivity contribution in [2.75, 3.05) is 5.32 Å². The highest BCUT2D eigenvalue weighted by molar-refractivity contribution is 6.05.